The van der Waals surface area contributed by atoms with Crippen molar-refractivity contribution in [2.24, 2.45) is 0 Å². The Kier molecular flexibility index (Phi) is 6.08. The molecule has 1 atom stereocenters. The summed E-state index contributed by atoms with van der Waals surface area (Å²) in [6.07, 6.45) is 3.33. The zero-order chi connectivity index (χ0) is 14.4. The highest BCUT2D eigenvalue weighted by Crippen LogP contribution is 2.29. The van der Waals surface area contributed by atoms with Gasteiger partial charge in [-0.1, -0.05) is 42.8 Å². The lowest BCUT2D eigenvalue weighted by atomic mass is 9.99. The van der Waals surface area contributed by atoms with Crippen molar-refractivity contribution >= 4 is 22.9 Å². The second-order valence-electron chi connectivity index (χ2n) is 5.10. The molecule has 0 aliphatic heterocycles. The van der Waals surface area contributed by atoms with Crippen molar-refractivity contribution < 1.29 is 0 Å². The van der Waals surface area contributed by atoms with Crippen molar-refractivity contribution in [2.45, 2.75) is 39.2 Å². The van der Waals surface area contributed by atoms with Gasteiger partial charge in [0.15, 0.2) is 0 Å². The molecule has 3 heteroatoms. The molecule has 0 aliphatic rings. The molecule has 1 unspecified atom stereocenters. The van der Waals surface area contributed by atoms with E-state index in [1.807, 2.05) is 11.3 Å². The smallest absolute Gasteiger partial charge is 0.0482 e. The standard InChI is InChI=1S/C17H22ClNS/c1-3-11-19-16(10-9-14-7-5-12-20-14)15-8-4-6-13(2)17(15)18/h4-8,12,16,19H,3,9-11H2,1-2H3. The van der Waals surface area contributed by atoms with Crippen LogP contribution in [-0.4, -0.2) is 6.54 Å². The minimum Gasteiger partial charge on any atom is -0.310 e. The molecule has 1 N–H and O–H groups in total. The highest BCUT2D eigenvalue weighted by atomic mass is 35.5. The molecule has 1 aromatic carbocycles. The van der Waals surface area contributed by atoms with Gasteiger partial charge in [0, 0.05) is 15.9 Å². The normalized spacial score (nSPS) is 12.6. The average Bonchev–Trinajstić information content (AvgIpc) is 2.96. The number of hydrogen-bond donors (Lipinski definition) is 1. The molecule has 0 saturated carbocycles. The lowest BCUT2D eigenvalue weighted by molar-refractivity contribution is 0.500. The van der Waals surface area contributed by atoms with E-state index in [4.69, 9.17) is 11.6 Å². The van der Waals surface area contributed by atoms with Crippen LogP contribution in [0, 0.1) is 6.92 Å². The molecule has 0 radical (unpaired) electrons. The van der Waals surface area contributed by atoms with Crippen LogP contribution in [0.15, 0.2) is 35.7 Å². The maximum Gasteiger partial charge on any atom is 0.0482 e. The summed E-state index contributed by atoms with van der Waals surface area (Å²) in [7, 11) is 0. The summed E-state index contributed by atoms with van der Waals surface area (Å²) >= 11 is 8.32. The Balaban J connectivity index is 2.11. The van der Waals surface area contributed by atoms with Crippen LogP contribution in [0.3, 0.4) is 0 Å². The van der Waals surface area contributed by atoms with Crippen molar-refractivity contribution in [3.05, 3.63) is 56.7 Å². The number of aryl methyl sites for hydroxylation is 2. The minimum absolute atomic E-state index is 0.337. The van der Waals surface area contributed by atoms with Gasteiger partial charge in [0.1, 0.15) is 0 Å². The van der Waals surface area contributed by atoms with Gasteiger partial charge in [-0.05, 0) is 55.3 Å². The number of halogens is 1. The molecule has 0 fully saturated rings. The van der Waals surface area contributed by atoms with Crippen LogP contribution in [0.2, 0.25) is 5.02 Å². The van der Waals surface area contributed by atoms with Gasteiger partial charge in [0.05, 0.1) is 0 Å². The van der Waals surface area contributed by atoms with Crippen LogP contribution in [0.4, 0.5) is 0 Å². The fraction of sp³-hybridized carbons (Fsp3) is 0.412. The lowest BCUT2D eigenvalue weighted by Crippen LogP contribution is -2.23. The van der Waals surface area contributed by atoms with Crippen molar-refractivity contribution in [3.63, 3.8) is 0 Å². The van der Waals surface area contributed by atoms with Gasteiger partial charge in [-0.3, -0.25) is 0 Å². The van der Waals surface area contributed by atoms with Crippen molar-refractivity contribution in [2.75, 3.05) is 6.54 Å². The fourth-order valence-electron chi connectivity index (χ4n) is 2.37. The third-order valence-electron chi connectivity index (χ3n) is 3.50. The molecule has 0 spiro atoms. The summed E-state index contributed by atoms with van der Waals surface area (Å²) in [6.45, 7) is 5.29. The molecule has 0 aliphatic carbocycles. The Morgan fingerprint density at radius 1 is 1.25 bits per heavy atom. The van der Waals surface area contributed by atoms with E-state index in [9.17, 15) is 0 Å². The van der Waals surface area contributed by atoms with Crippen molar-refractivity contribution in [1.82, 2.24) is 5.32 Å². The average molecular weight is 308 g/mol. The van der Waals surface area contributed by atoms with Gasteiger partial charge < -0.3 is 5.32 Å². The summed E-state index contributed by atoms with van der Waals surface area (Å²) < 4.78 is 0. The van der Waals surface area contributed by atoms with Gasteiger partial charge in [-0.2, -0.15) is 0 Å². The predicted octanol–water partition coefficient (Wildman–Crippen LogP) is 5.38. The second-order valence-corrected chi connectivity index (χ2v) is 6.51. The van der Waals surface area contributed by atoms with Gasteiger partial charge in [-0.15, -0.1) is 11.3 Å². The van der Waals surface area contributed by atoms with Crippen LogP contribution >= 0.6 is 22.9 Å². The Labute approximate surface area is 131 Å². The summed E-state index contributed by atoms with van der Waals surface area (Å²) in [4.78, 5) is 1.44. The molecule has 0 bridgehead atoms. The SMILES string of the molecule is CCCNC(CCc1cccs1)c1cccc(C)c1Cl. The van der Waals surface area contributed by atoms with Gasteiger partial charge in [0.2, 0.25) is 0 Å². The van der Waals surface area contributed by atoms with Crippen LogP contribution < -0.4 is 5.32 Å². The van der Waals surface area contributed by atoms with E-state index in [0.717, 1.165) is 36.4 Å². The molecule has 20 heavy (non-hydrogen) atoms. The highest BCUT2D eigenvalue weighted by molar-refractivity contribution is 7.09. The third-order valence-corrected chi connectivity index (χ3v) is 4.95. The predicted molar refractivity (Wildman–Crippen MR) is 89.9 cm³/mol. The Morgan fingerprint density at radius 3 is 2.80 bits per heavy atom. The molecular formula is C17H22ClNS. The molecule has 1 heterocycles. The van der Waals surface area contributed by atoms with Crippen LogP contribution in [0.5, 0.6) is 0 Å². The maximum absolute atomic E-state index is 6.49. The maximum atomic E-state index is 6.49. The molecule has 108 valence electrons. The quantitative estimate of drug-likeness (QED) is 0.723. The number of benzene rings is 1. The van der Waals surface area contributed by atoms with E-state index in [0.29, 0.717) is 6.04 Å². The zero-order valence-corrected chi connectivity index (χ0v) is 13.7. The summed E-state index contributed by atoms with van der Waals surface area (Å²) in [5, 5.41) is 6.69. The first kappa shape index (κ1) is 15.6. The van der Waals surface area contributed by atoms with Crippen LogP contribution in [0.25, 0.3) is 0 Å². The largest absolute Gasteiger partial charge is 0.310 e. The van der Waals surface area contributed by atoms with E-state index in [1.165, 1.54) is 10.4 Å². The summed E-state index contributed by atoms with van der Waals surface area (Å²) in [5.41, 5.74) is 2.39. The summed E-state index contributed by atoms with van der Waals surface area (Å²) in [6, 6.07) is 11.0. The monoisotopic (exact) mass is 307 g/mol. The molecule has 1 aromatic heterocycles. The van der Waals surface area contributed by atoms with Gasteiger partial charge >= 0.3 is 0 Å². The lowest BCUT2D eigenvalue weighted by Gasteiger charge is -2.21. The number of nitrogens with one attached hydrogen (secondary N) is 1. The van der Waals surface area contributed by atoms with Gasteiger partial charge in [-0.25, -0.2) is 0 Å². The van der Waals surface area contributed by atoms with E-state index >= 15 is 0 Å². The Bertz CT molecular complexity index is 522. The van der Waals surface area contributed by atoms with Gasteiger partial charge in [0.25, 0.3) is 0 Å². The first-order chi connectivity index (χ1) is 9.72. The van der Waals surface area contributed by atoms with E-state index < -0.39 is 0 Å². The van der Waals surface area contributed by atoms with Crippen LogP contribution in [-0.2, 0) is 6.42 Å². The second kappa shape index (κ2) is 7.82. The van der Waals surface area contributed by atoms with E-state index in [1.54, 1.807) is 0 Å². The van der Waals surface area contributed by atoms with Crippen molar-refractivity contribution in [3.8, 4) is 0 Å². The molecular weight excluding hydrogens is 286 g/mol. The first-order valence-corrected chi connectivity index (χ1v) is 8.49. The first-order valence-electron chi connectivity index (χ1n) is 7.23. The number of thiophene rings is 1. The van der Waals surface area contributed by atoms with Crippen molar-refractivity contribution in [1.29, 1.82) is 0 Å². The minimum atomic E-state index is 0.337. The topological polar surface area (TPSA) is 12.0 Å². The summed E-state index contributed by atoms with van der Waals surface area (Å²) in [5.74, 6) is 0. The molecule has 0 saturated heterocycles. The zero-order valence-electron chi connectivity index (χ0n) is 12.2. The number of hydrogen-bond acceptors (Lipinski definition) is 2. The number of rotatable bonds is 7. The molecule has 2 aromatic rings. The van der Waals surface area contributed by atoms with E-state index in [2.05, 4.69) is 54.9 Å². The van der Waals surface area contributed by atoms with E-state index in [-0.39, 0.29) is 0 Å². The molecule has 1 nitrogen and oxygen atoms in total. The fourth-order valence-corrected chi connectivity index (χ4v) is 3.35. The third kappa shape index (κ3) is 4.08. The molecule has 2 rings (SSSR count). The molecule has 0 amide bonds. The Hall–Kier alpha value is -0.830. The van der Waals surface area contributed by atoms with Crippen LogP contribution in [0.1, 0.15) is 41.8 Å². The Morgan fingerprint density at radius 2 is 2.10 bits per heavy atom. The highest BCUT2D eigenvalue weighted by Gasteiger charge is 2.15.